The summed E-state index contributed by atoms with van der Waals surface area (Å²) in [7, 11) is 0. The largest absolute Gasteiger partial charge is 0.458 e. The van der Waals surface area contributed by atoms with Gasteiger partial charge in [0.15, 0.2) is 0 Å². The minimum absolute atomic E-state index is 0.104. The Labute approximate surface area is 90.7 Å². The molecule has 0 saturated heterocycles. The van der Waals surface area contributed by atoms with Gasteiger partial charge in [-0.1, -0.05) is 0 Å². The van der Waals surface area contributed by atoms with Crippen LogP contribution in [0.2, 0.25) is 0 Å². The van der Waals surface area contributed by atoms with Crippen LogP contribution in [-0.2, 0) is 6.61 Å². The van der Waals surface area contributed by atoms with Crippen LogP contribution in [0.25, 0.3) is 0 Å². The summed E-state index contributed by atoms with van der Waals surface area (Å²) in [4.78, 5) is 7.59. The summed E-state index contributed by atoms with van der Waals surface area (Å²) in [5.41, 5.74) is 0.132. The molecule has 0 atom stereocenters. The van der Waals surface area contributed by atoms with Crippen LogP contribution in [0.5, 0.6) is 6.01 Å². The molecule has 0 radical (unpaired) electrons. The highest BCUT2D eigenvalue weighted by atomic mass is 19.1. The van der Waals surface area contributed by atoms with Crippen LogP contribution >= 0.6 is 0 Å². The Bertz CT molecular complexity index is 477. The number of hydrogen-bond acceptors (Lipinski definition) is 3. The van der Waals surface area contributed by atoms with Crippen molar-refractivity contribution in [2.75, 3.05) is 0 Å². The van der Waals surface area contributed by atoms with E-state index in [9.17, 15) is 8.78 Å². The van der Waals surface area contributed by atoms with E-state index in [1.807, 2.05) is 0 Å². The van der Waals surface area contributed by atoms with Crippen LogP contribution < -0.4 is 4.74 Å². The second kappa shape index (κ2) is 4.65. The summed E-state index contributed by atoms with van der Waals surface area (Å²) in [6, 6.07) is 4.96. The molecule has 1 aromatic carbocycles. The second-order valence-electron chi connectivity index (χ2n) is 3.06. The van der Waals surface area contributed by atoms with Crippen molar-refractivity contribution < 1.29 is 13.5 Å². The van der Waals surface area contributed by atoms with E-state index < -0.39 is 11.6 Å². The third-order valence-corrected chi connectivity index (χ3v) is 1.91. The Hall–Kier alpha value is -2.04. The zero-order valence-corrected chi connectivity index (χ0v) is 8.23. The van der Waals surface area contributed by atoms with Gasteiger partial charge in [0.1, 0.15) is 18.2 Å². The topological polar surface area (TPSA) is 35.0 Å². The number of aromatic nitrogens is 2. The molecule has 82 valence electrons. The fourth-order valence-electron chi connectivity index (χ4n) is 1.16. The molecule has 0 unspecified atom stereocenters. The molecule has 0 N–H and O–H groups in total. The van der Waals surface area contributed by atoms with Gasteiger partial charge >= 0.3 is 6.01 Å². The van der Waals surface area contributed by atoms with Gasteiger partial charge in [-0.2, -0.15) is 0 Å². The Morgan fingerprint density at radius 3 is 2.62 bits per heavy atom. The quantitative estimate of drug-likeness (QED) is 0.799. The average molecular weight is 222 g/mol. The first kappa shape index (κ1) is 10.5. The fraction of sp³-hybridized carbons (Fsp3) is 0.0909. The molecule has 0 aliphatic heterocycles. The molecule has 1 heterocycles. The normalized spacial score (nSPS) is 10.1. The van der Waals surface area contributed by atoms with E-state index >= 15 is 0 Å². The predicted molar refractivity (Wildman–Crippen MR) is 52.7 cm³/mol. The van der Waals surface area contributed by atoms with Gasteiger partial charge < -0.3 is 4.74 Å². The lowest BCUT2D eigenvalue weighted by atomic mass is 10.2. The van der Waals surface area contributed by atoms with Gasteiger partial charge in [-0.3, -0.25) is 0 Å². The molecule has 5 heteroatoms. The molecule has 16 heavy (non-hydrogen) atoms. The number of hydrogen-bond donors (Lipinski definition) is 0. The van der Waals surface area contributed by atoms with Gasteiger partial charge in [-0.15, -0.1) is 0 Å². The molecular formula is C11H8F2N2O. The first-order valence-corrected chi connectivity index (χ1v) is 4.59. The first-order chi connectivity index (χ1) is 7.75. The van der Waals surface area contributed by atoms with Crippen LogP contribution in [0.3, 0.4) is 0 Å². The molecular weight excluding hydrogens is 214 g/mol. The van der Waals surface area contributed by atoms with Crippen molar-refractivity contribution in [3.8, 4) is 6.01 Å². The molecule has 0 bridgehead atoms. The SMILES string of the molecule is Fc1ccc(F)c(COc2ncccn2)c1. The summed E-state index contributed by atoms with van der Waals surface area (Å²) in [5, 5.41) is 0. The Morgan fingerprint density at radius 1 is 1.12 bits per heavy atom. The minimum Gasteiger partial charge on any atom is -0.458 e. The van der Waals surface area contributed by atoms with Crippen molar-refractivity contribution in [1.82, 2.24) is 9.97 Å². The predicted octanol–water partition coefficient (Wildman–Crippen LogP) is 2.33. The van der Waals surface area contributed by atoms with E-state index in [1.54, 1.807) is 6.07 Å². The Balaban J connectivity index is 2.08. The Morgan fingerprint density at radius 2 is 1.88 bits per heavy atom. The van der Waals surface area contributed by atoms with Gasteiger partial charge in [-0.25, -0.2) is 18.7 Å². The highest BCUT2D eigenvalue weighted by Gasteiger charge is 2.05. The van der Waals surface area contributed by atoms with E-state index in [2.05, 4.69) is 9.97 Å². The van der Waals surface area contributed by atoms with Crippen LogP contribution in [-0.4, -0.2) is 9.97 Å². The van der Waals surface area contributed by atoms with Crippen molar-refractivity contribution in [1.29, 1.82) is 0 Å². The van der Waals surface area contributed by atoms with Crippen LogP contribution in [0.15, 0.2) is 36.7 Å². The molecule has 0 spiro atoms. The maximum absolute atomic E-state index is 13.2. The zero-order chi connectivity index (χ0) is 11.4. The third kappa shape index (κ3) is 2.50. The number of nitrogens with zero attached hydrogens (tertiary/aromatic N) is 2. The van der Waals surface area contributed by atoms with Crippen LogP contribution in [0.1, 0.15) is 5.56 Å². The van der Waals surface area contributed by atoms with Crippen molar-refractivity contribution in [3.05, 3.63) is 53.9 Å². The number of rotatable bonds is 3. The highest BCUT2D eigenvalue weighted by molar-refractivity contribution is 5.18. The summed E-state index contributed by atoms with van der Waals surface area (Å²) < 4.78 is 31.1. The molecule has 2 rings (SSSR count). The molecule has 0 aliphatic carbocycles. The average Bonchev–Trinajstić information content (AvgIpc) is 2.32. The fourth-order valence-corrected chi connectivity index (χ4v) is 1.16. The van der Waals surface area contributed by atoms with Crippen LogP contribution in [0, 0.1) is 11.6 Å². The van der Waals surface area contributed by atoms with Gasteiger partial charge in [0.25, 0.3) is 0 Å². The number of ether oxygens (including phenoxy) is 1. The monoisotopic (exact) mass is 222 g/mol. The standard InChI is InChI=1S/C11H8F2N2O/c12-9-2-3-10(13)8(6-9)7-16-11-14-4-1-5-15-11/h1-6H,7H2. The van der Waals surface area contributed by atoms with E-state index in [0.717, 1.165) is 18.2 Å². The van der Waals surface area contributed by atoms with Crippen molar-refractivity contribution >= 4 is 0 Å². The summed E-state index contributed by atoms with van der Waals surface area (Å²) in [6.45, 7) is -0.104. The van der Waals surface area contributed by atoms with Crippen molar-refractivity contribution in [2.45, 2.75) is 6.61 Å². The summed E-state index contributed by atoms with van der Waals surface area (Å²) in [5.74, 6) is -1.02. The maximum Gasteiger partial charge on any atom is 0.316 e. The van der Waals surface area contributed by atoms with Gasteiger partial charge in [0.05, 0.1) is 0 Å². The zero-order valence-electron chi connectivity index (χ0n) is 8.23. The molecule has 0 amide bonds. The lowest BCUT2D eigenvalue weighted by Gasteiger charge is -2.04. The van der Waals surface area contributed by atoms with E-state index in [4.69, 9.17) is 4.74 Å². The smallest absolute Gasteiger partial charge is 0.316 e. The lowest BCUT2D eigenvalue weighted by Crippen LogP contribution is -2.01. The second-order valence-corrected chi connectivity index (χ2v) is 3.06. The number of benzene rings is 1. The first-order valence-electron chi connectivity index (χ1n) is 4.59. The number of halogens is 2. The molecule has 0 fully saturated rings. The lowest BCUT2D eigenvalue weighted by molar-refractivity contribution is 0.274. The van der Waals surface area contributed by atoms with Gasteiger partial charge in [-0.05, 0) is 24.3 Å². The van der Waals surface area contributed by atoms with Gasteiger partial charge in [0, 0.05) is 18.0 Å². The van der Waals surface area contributed by atoms with E-state index in [1.165, 1.54) is 12.4 Å². The van der Waals surface area contributed by atoms with Crippen molar-refractivity contribution in [2.24, 2.45) is 0 Å². The van der Waals surface area contributed by atoms with E-state index in [-0.39, 0.29) is 18.2 Å². The van der Waals surface area contributed by atoms with Crippen LogP contribution in [0.4, 0.5) is 8.78 Å². The molecule has 0 saturated carbocycles. The van der Waals surface area contributed by atoms with Crippen molar-refractivity contribution in [3.63, 3.8) is 0 Å². The minimum atomic E-state index is -0.516. The summed E-state index contributed by atoms with van der Waals surface area (Å²) in [6.07, 6.45) is 3.01. The Kier molecular flexibility index (Phi) is 3.05. The molecule has 1 aromatic heterocycles. The molecule has 0 aliphatic rings. The summed E-state index contributed by atoms with van der Waals surface area (Å²) >= 11 is 0. The molecule has 2 aromatic rings. The maximum atomic E-state index is 13.2. The van der Waals surface area contributed by atoms with Gasteiger partial charge in [0.2, 0.25) is 0 Å². The van der Waals surface area contributed by atoms with E-state index in [0.29, 0.717) is 0 Å². The highest BCUT2D eigenvalue weighted by Crippen LogP contribution is 2.11. The third-order valence-electron chi connectivity index (χ3n) is 1.91. The molecule has 3 nitrogen and oxygen atoms in total.